The quantitative estimate of drug-likeness (QED) is 0.400. The molecule has 96 valence electrons. The van der Waals surface area contributed by atoms with E-state index in [9.17, 15) is 10.2 Å². The van der Waals surface area contributed by atoms with E-state index < -0.39 is 36.4 Å². The van der Waals surface area contributed by atoms with E-state index >= 15 is 0 Å². The van der Waals surface area contributed by atoms with Crippen molar-refractivity contribution in [1.29, 1.82) is 0 Å². The summed E-state index contributed by atoms with van der Waals surface area (Å²) < 4.78 is 16.1. The van der Waals surface area contributed by atoms with Crippen LogP contribution in [0.15, 0.2) is 5.11 Å². The lowest BCUT2D eigenvalue weighted by Crippen LogP contribution is -2.39. The molecule has 17 heavy (non-hydrogen) atoms. The van der Waals surface area contributed by atoms with Crippen molar-refractivity contribution >= 4 is 0 Å². The van der Waals surface area contributed by atoms with Gasteiger partial charge >= 0.3 is 0 Å². The van der Waals surface area contributed by atoms with E-state index in [1.54, 1.807) is 13.8 Å². The van der Waals surface area contributed by atoms with Gasteiger partial charge in [0, 0.05) is 4.91 Å². The van der Waals surface area contributed by atoms with Crippen LogP contribution in [0.1, 0.15) is 13.8 Å². The number of hydrogen-bond donors (Lipinski definition) is 2. The summed E-state index contributed by atoms with van der Waals surface area (Å²) >= 11 is 0. The Morgan fingerprint density at radius 1 is 1.41 bits per heavy atom. The summed E-state index contributed by atoms with van der Waals surface area (Å²) in [4.78, 5) is 2.64. The van der Waals surface area contributed by atoms with Crippen LogP contribution in [0.2, 0.25) is 0 Å². The molecule has 2 aliphatic rings. The van der Waals surface area contributed by atoms with Crippen LogP contribution >= 0.6 is 0 Å². The molecule has 2 fully saturated rings. The van der Waals surface area contributed by atoms with Crippen LogP contribution in [-0.2, 0) is 14.2 Å². The maximum absolute atomic E-state index is 9.61. The molecular formula is C9H15N3O5. The lowest BCUT2D eigenvalue weighted by molar-refractivity contribution is -0.175. The summed E-state index contributed by atoms with van der Waals surface area (Å²) in [6.45, 7) is 3.75. The topological polar surface area (TPSA) is 117 Å². The highest BCUT2D eigenvalue weighted by Gasteiger charge is 2.50. The zero-order chi connectivity index (χ0) is 12.6. The zero-order valence-electron chi connectivity index (χ0n) is 9.55. The van der Waals surface area contributed by atoms with Crippen LogP contribution < -0.4 is 0 Å². The van der Waals surface area contributed by atoms with Crippen molar-refractivity contribution in [3.63, 3.8) is 0 Å². The van der Waals surface area contributed by atoms with Gasteiger partial charge in [-0.05, 0) is 19.4 Å². The van der Waals surface area contributed by atoms with Crippen LogP contribution in [0, 0.1) is 0 Å². The Hall–Kier alpha value is -0.890. The Labute approximate surface area is 97.7 Å². The number of rotatable bonds is 2. The first kappa shape index (κ1) is 12.6. The minimum absolute atomic E-state index is 0.258. The Morgan fingerprint density at radius 3 is 2.65 bits per heavy atom. The van der Waals surface area contributed by atoms with Gasteiger partial charge in [-0.1, -0.05) is 5.11 Å². The molecule has 0 radical (unpaired) electrons. The van der Waals surface area contributed by atoms with Gasteiger partial charge in [-0.25, -0.2) is 0 Å². The lowest BCUT2D eigenvalue weighted by Gasteiger charge is -2.22. The predicted octanol–water partition coefficient (Wildman–Crippen LogP) is -0.105. The van der Waals surface area contributed by atoms with Crippen molar-refractivity contribution < 1.29 is 24.4 Å². The molecule has 0 aromatic heterocycles. The lowest BCUT2D eigenvalue weighted by atomic mass is 10.0. The molecule has 0 aliphatic carbocycles. The molecule has 0 bridgehead atoms. The largest absolute Gasteiger partial charge is 0.387 e. The van der Waals surface area contributed by atoms with E-state index in [1.165, 1.54) is 0 Å². The molecule has 8 heteroatoms. The fourth-order valence-corrected chi connectivity index (χ4v) is 2.06. The fraction of sp³-hybridized carbons (Fsp3) is 1.00. The number of azide groups is 1. The second-order valence-electron chi connectivity index (χ2n) is 4.54. The van der Waals surface area contributed by atoms with Crippen molar-refractivity contribution in [3.8, 4) is 0 Å². The van der Waals surface area contributed by atoms with E-state index in [-0.39, 0.29) is 6.61 Å². The van der Waals surface area contributed by atoms with Gasteiger partial charge in [0.25, 0.3) is 0 Å². The van der Waals surface area contributed by atoms with E-state index in [2.05, 4.69) is 10.0 Å². The minimum Gasteiger partial charge on any atom is -0.387 e. The van der Waals surface area contributed by atoms with Gasteiger partial charge in [-0.2, -0.15) is 0 Å². The first-order chi connectivity index (χ1) is 7.94. The number of nitrogens with zero attached hydrogens (tertiary/aromatic N) is 3. The highest BCUT2D eigenvalue weighted by Crippen LogP contribution is 2.32. The van der Waals surface area contributed by atoms with Gasteiger partial charge in [0.1, 0.15) is 18.3 Å². The maximum Gasteiger partial charge on any atom is 0.181 e. The maximum atomic E-state index is 9.61. The smallest absolute Gasteiger partial charge is 0.181 e. The van der Waals surface area contributed by atoms with Crippen molar-refractivity contribution in [2.75, 3.05) is 6.61 Å². The molecule has 2 heterocycles. The number of hydrogen-bond acceptors (Lipinski definition) is 6. The third-order valence-corrected chi connectivity index (χ3v) is 2.86. The van der Waals surface area contributed by atoms with Crippen molar-refractivity contribution in [2.45, 2.75) is 50.3 Å². The molecule has 2 aliphatic heterocycles. The third kappa shape index (κ3) is 2.37. The van der Waals surface area contributed by atoms with Gasteiger partial charge in [0.15, 0.2) is 12.1 Å². The van der Waals surface area contributed by atoms with Gasteiger partial charge in [0.2, 0.25) is 0 Å². The van der Waals surface area contributed by atoms with Crippen molar-refractivity contribution in [2.24, 2.45) is 5.11 Å². The normalized spacial score (nSPS) is 44.6. The number of aliphatic hydroxyl groups excluding tert-OH is 2. The van der Waals surface area contributed by atoms with E-state index in [1.807, 2.05) is 0 Å². The second-order valence-corrected chi connectivity index (χ2v) is 4.54. The standard InChI is InChI=1S/C9H15N3O5/c1-9(2)15-3-4(17-9)7-5(11-12-10)6(13)8(14)16-7/h4-8,13-14H,3H2,1-2H3/t4-,5+,6-,7-,8-/m1/s1. The van der Waals surface area contributed by atoms with Crippen molar-refractivity contribution in [1.82, 2.24) is 0 Å². The highest BCUT2D eigenvalue weighted by molar-refractivity contribution is 4.97. The minimum atomic E-state index is -1.37. The summed E-state index contributed by atoms with van der Waals surface area (Å²) in [6.07, 6.45) is -3.81. The average molecular weight is 245 g/mol. The first-order valence-corrected chi connectivity index (χ1v) is 5.32. The molecule has 0 saturated carbocycles. The van der Waals surface area contributed by atoms with Gasteiger partial charge in [-0.15, -0.1) is 0 Å². The number of ether oxygens (including phenoxy) is 3. The first-order valence-electron chi connectivity index (χ1n) is 5.32. The fourth-order valence-electron chi connectivity index (χ4n) is 2.06. The Bertz CT molecular complexity index is 344. The highest BCUT2D eigenvalue weighted by atomic mass is 16.8. The number of aliphatic hydroxyl groups is 2. The van der Waals surface area contributed by atoms with Gasteiger partial charge in [-0.3, -0.25) is 0 Å². The Morgan fingerprint density at radius 2 is 2.12 bits per heavy atom. The second kappa shape index (κ2) is 4.41. The van der Waals surface area contributed by atoms with E-state index in [4.69, 9.17) is 19.7 Å². The average Bonchev–Trinajstić information content (AvgIpc) is 2.73. The molecular weight excluding hydrogens is 230 g/mol. The Kier molecular flexibility index (Phi) is 3.26. The summed E-state index contributed by atoms with van der Waals surface area (Å²) in [6, 6.07) is -0.877. The summed E-state index contributed by atoms with van der Waals surface area (Å²) in [5, 5.41) is 22.5. The molecule has 0 amide bonds. The molecule has 0 unspecified atom stereocenters. The molecule has 8 nitrogen and oxygen atoms in total. The van der Waals surface area contributed by atoms with Gasteiger partial charge in [0.05, 0.1) is 12.6 Å². The van der Waals surface area contributed by atoms with E-state index in [0.29, 0.717) is 0 Å². The zero-order valence-corrected chi connectivity index (χ0v) is 9.55. The molecule has 2 saturated heterocycles. The predicted molar refractivity (Wildman–Crippen MR) is 54.7 cm³/mol. The van der Waals surface area contributed by atoms with Crippen LogP contribution in [-0.4, -0.2) is 53.3 Å². The van der Waals surface area contributed by atoms with Gasteiger partial charge < -0.3 is 24.4 Å². The molecule has 0 aromatic carbocycles. The third-order valence-electron chi connectivity index (χ3n) is 2.86. The van der Waals surface area contributed by atoms with Crippen LogP contribution in [0.5, 0.6) is 0 Å². The SMILES string of the molecule is CC1(C)OC[C@H]([C@H]2O[C@@H](O)[C@H](O)[C@@H]2N=[N+]=[N-])O1. The summed E-state index contributed by atoms with van der Waals surface area (Å²) in [5.41, 5.74) is 8.43. The van der Waals surface area contributed by atoms with E-state index in [0.717, 1.165) is 0 Å². The molecule has 0 spiro atoms. The molecule has 2 N–H and O–H groups in total. The summed E-state index contributed by atoms with van der Waals surface area (Å²) in [7, 11) is 0. The monoisotopic (exact) mass is 245 g/mol. The molecule has 0 aromatic rings. The van der Waals surface area contributed by atoms with Crippen LogP contribution in [0.4, 0.5) is 0 Å². The molecule has 5 atom stereocenters. The van der Waals surface area contributed by atoms with Crippen molar-refractivity contribution in [3.05, 3.63) is 10.4 Å². The van der Waals surface area contributed by atoms with Crippen LogP contribution in [0.25, 0.3) is 10.4 Å². The Balaban J connectivity index is 2.12. The van der Waals surface area contributed by atoms with Crippen LogP contribution in [0.3, 0.4) is 0 Å². The molecule has 2 rings (SSSR count). The summed E-state index contributed by atoms with van der Waals surface area (Å²) in [5.74, 6) is -0.743.